The van der Waals surface area contributed by atoms with Gasteiger partial charge in [-0.2, -0.15) is 0 Å². The average molecular weight is 636 g/mol. The number of hydrogen-bond acceptors (Lipinski definition) is 7. The number of ether oxygens (including phenoxy) is 2. The first-order valence-electron chi connectivity index (χ1n) is 16.2. The Morgan fingerprint density at radius 3 is 2.65 bits per heavy atom. The minimum atomic E-state index is -0.581. The number of hydrogen-bond donors (Lipinski definition) is 3. The summed E-state index contributed by atoms with van der Waals surface area (Å²) in [6, 6.07) is 10.9. The maximum absolute atomic E-state index is 14.9. The summed E-state index contributed by atoms with van der Waals surface area (Å²) in [6.07, 6.45) is 10.0. The lowest BCUT2D eigenvalue weighted by Gasteiger charge is -2.33. The van der Waals surface area contributed by atoms with Crippen LogP contribution < -0.4 is 10.6 Å². The lowest BCUT2D eigenvalue weighted by atomic mass is 9.91. The first-order chi connectivity index (χ1) is 22.5. The number of pyridine rings is 1. The molecule has 0 radical (unpaired) electrons. The first kappa shape index (κ1) is 33.2. The molecular formula is C34H43F2N7O3. The number of aromatic amines is 1. The highest BCUT2D eigenvalue weighted by molar-refractivity contribution is 5.91. The monoisotopic (exact) mass is 635 g/mol. The molecule has 3 heterocycles. The summed E-state index contributed by atoms with van der Waals surface area (Å²) in [4.78, 5) is 30.9. The van der Waals surface area contributed by atoms with E-state index >= 15 is 0 Å². The van der Waals surface area contributed by atoms with E-state index in [0.29, 0.717) is 49.3 Å². The molecule has 1 aliphatic carbocycles. The van der Waals surface area contributed by atoms with Crippen molar-refractivity contribution in [3.05, 3.63) is 72.2 Å². The molecule has 12 heteroatoms. The van der Waals surface area contributed by atoms with Crippen LogP contribution in [0.4, 0.5) is 19.4 Å². The molecule has 0 saturated heterocycles. The van der Waals surface area contributed by atoms with Crippen LogP contribution in [0, 0.1) is 11.6 Å². The molecule has 1 saturated carbocycles. The van der Waals surface area contributed by atoms with Crippen LogP contribution in [0.15, 0.2) is 55.0 Å². The Bertz CT molecular complexity index is 1540. The van der Waals surface area contributed by atoms with E-state index in [-0.39, 0.29) is 29.8 Å². The second-order valence-electron chi connectivity index (χ2n) is 11.6. The highest BCUT2D eigenvalue weighted by Crippen LogP contribution is 2.28. The van der Waals surface area contributed by atoms with E-state index in [1.165, 1.54) is 6.07 Å². The maximum Gasteiger partial charge on any atom is 0.317 e. The van der Waals surface area contributed by atoms with Gasteiger partial charge in [0.25, 0.3) is 0 Å². The normalized spacial score (nSPS) is 16.4. The van der Waals surface area contributed by atoms with Crippen LogP contribution in [-0.4, -0.2) is 75.9 Å². The molecule has 0 unspecified atom stereocenters. The smallest absolute Gasteiger partial charge is 0.317 e. The number of halogens is 2. The van der Waals surface area contributed by atoms with Gasteiger partial charge in [0.1, 0.15) is 11.5 Å². The van der Waals surface area contributed by atoms with Gasteiger partial charge in [-0.05, 0) is 63.5 Å². The number of carbonyl (C=O) groups is 1. The Morgan fingerprint density at radius 1 is 1.02 bits per heavy atom. The van der Waals surface area contributed by atoms with E-state index in [9.17, 15) is 13.6 Å². The lowest BCUT2D eigenvalue weighted by Crippen LogP contribution is -2.48. The van der Waals surface area contributed by atoms with Gasteiger partial charge in [-0.15, -0.1) is 0 Å². The molecule has 3 N–H and O–H groups in total. The van der Waals surface area contributed by atoms with Gasteiger partial charge < -0.3 is 30.0 Å². The van der Waals surface area contributed by atoms with Crippen LogP contribution in [0.3, 0.4) is 0 Å². The second-order valence-corrected chi connectivity index (χ2v) is 11.6. The van der Waals surface area contributed by atoms with Crippen LogP contribution >= 0.6 is 0 Å². The predicted molar refractivity (Wildman–Crippen MR) is 173 cm³/mol. The van der Waals surface area contributed by atoms with Crippen LogP contribution in [0.2, 0.25) is 0 Å². The summed E-state index contributed by atoms with van der Waals surface area (Å²) >= 11 is 0. The van der Waals surface area contributed by atoms with E-state index in [1.54, 1.807) is 11.1 Å². The summed E-state index contributed by atoms with van der Waals surface area (Å²) in [7, 11) is 0. The largest absolute Gasteiger partial charge is 0.382 e. The SMILES string of the molecule is CCOCCCCCOCCN(Cc1ccccc1)C(=O)N[C@H]1CCC[C@@H](Nc2nc(-c3c[nH]c4ncc(F)cc34)ncc2F)C1. The van der Waals surface area contributed by atoms with E-state index in [2.05, 4.69) is 30.6 Å². The highest BCUT2D eigenvalue weighted by Gasteiger charge is 2.26. The molecule has 2 amide bonds. The third-order valence-electron chi connectivity index (χ3n) is 8.12. The number of aromatic nitrogens is 4. The Kier molecular flexibility index (Phi) is 12.2. The number of H-pyrrole nitrogens is 1. The molecule has 246 valence electrons. The van der Waals surface area contributed by atoms with Crippen molar-refractivity contribution in [3.63, 3.8) is 0 Å². The van der Waals surface area contributed by atoms with Gasteiger partial charge in [0.2, 0.25) is 0 Å². The fourth-order valence-corrected chi connectivity index (χ4v) is 5.73. The van der Waals surface area contributed by atoms with Crippen molar-refractivity contribution in [1.82, 2.24) is 30.2 Å². The Labute approximate surface area is 268 Å². The van der Waals surface area contributed by atoms with E-state index in [0.717, 1.165) is 69.7 Å². The topological polar surface area (TPSA) is 117 Å². The maximum atomic E-state index is 14.9. The average Bonchev–Trinajstić information content (AvgIpc) is 3.48. The molecule has 3 aromatic heterocycles. The molecule has 1 aliphatic rings. The van der Waals surface area contributed by atoms with Gasteiger partial charge in [-0.1, -0.05) is 30.3 Å². The number of fused-ring (bicyclic) bond motifs is 1. The van der Waals surface area contributed by atoms with Gasteiger partial charge in [0.05, 0.1) is 19.0 Å². The fraction of sp³-hybridized carbons (Fsp3) is 0.471. The standard InChI is InChI=1S/C34H43F2N7O3/c1-2-45-15-7-4-8-16-46-17-14-43(23-24-10-5-3-6-11-24)34(44)41-27-13-9-12-26(19-27)40-33-30(36)22-39-32(42-33)29-21-38-31-28(29)18-25(35)20-37-31/h3,5-6,10-11,18,20-22,26-27H,2,4,7-9,12-17,19,23H2,1H3,(H,37,38)(H,41,44)(H,39,40,42)/t26-,27+/m1/s1. The molecule has 4 aromatic rings. The molecular weight excluding hydrogens is 592 g/mol. The van der Waals surface area contributed by atoms with Crippen molar-refractivity contribution in [2.24, 2.45) is 0 Å². The van der Waals surface area contributed by atoms with E-state index in [4.69, 9.17) is 9.47 Å². The minimum absolute atomic E-state index is 0.0708. The van der Waals surface area contributed by atoms with Crippen molar-refractivity contribution in [2.75, 3.05) is 38.3 Å². The summed E-state index contributed by atoms with van der Waals surface area (Å²) in [5, 5.41) is 6.96. The number of nitrogens with zero attached hydrogens (tertiary/aromatic N) is 4. The molecule has 1 fully saturated rings. The number of nitrogens with one attached hydrogen (secondary N) is 3. The minimum Gasteiger partial charge on any atom is -0.382 e. The predicted octanol–water partition coefficient (Wildman–Crippen LogP) is 6.46. The van der Waals surface area contributed by atoms with E-state index in [1.807, 2.05) is 37.3 Å². The van der Waals surface area contributed by atoms with Crippen molar-refractivity contribution in [3.8, 4) is 11.4 Å². The number of carbonyl (C=O) groups excluding carboxylic acids is 1. The highest BCUT2D eigenvalue weighted by atomic mass is 19.1. The zero-order chi connectivity index (χ0) is 32.1. The number of unbranched alkanes of at least 4 members (excludes halogenated alkanes) is 2. The Hall–Kier alpha value is -4.16. The van der Waals surface area contributed by atoms with Gasteiger partial charge in [-0.3, -0.25) is 0 Å². The van der Waals surface area contributed by atoms with Crippen LogP contribution in [-0.2, 0) is 16.0 Å². The van der Waals surface area contributed by atoms with Crippen LogP contribution in [0.25, 0.3) is 22.4 Å². The fourth-order valence-electron chi connectivity index (χ4n) is 5.73. The third kappa shape index (κ3) is 9.43. The number of urea groups is 1. The Morgan fingerprint density at radius 2 is 1.83 bits per heavy atom. The van der Waals surface area contributed by atoms with Gasteiger partial charge in [-0.25, -0.2) is 28.5 Å². The second kappa shape index (κ2) is 17.0. The zero-order valence-corrected chi connectivity index (χ0v) is 26.3. The van der Waals surface area contributed by atoms with Crippen molar-refractivity contribution >= 4 is 22.9 Å². The summed E-state index contributed by atoms with van der Waals surface area (Å²) in [5.74, 6) is -0.737. The first-order valence-corrected chi connectivity index (χ1v) is 16.2. The number of rotatable bonds is 16. The summed E-state index contributed by atoms with van der Waals surface area (Å²) in [5.41, 5.74) is 2.06. The van der Waals surface area contributed by atoms with Crippen molar-refractivity contribution in [1.29, 1.82) is 0 Å². The molecule has 46 heavy (non-hydrogen) atoms. The molecule has 10 nitrogen and oxygen atoms in total. The van der Waals surface area contributed by atoms with E-state index < -0.39 is 11.6 Å². The van der Waals surface area contributed by atoms with Crippen LogP contribution in [0.1, 0.15) is 57.4 Å². The third-order valence-corrected chi connectivity index (χ3v) is 8.12. The quantitative estimate of drug-likeness (QED) is 0.121. The molecule has 2 atom stereocenters. The van der Waals surface area contributed by atoms with Gasteiger partial charge >= 0.3 is 6.03 Å². The molecule has 5 rings (SSSR count). The molecule has 1 aromatic carbocycles. The molecule has 0 aliphatic heterocycles. The molecule has 0 spiro atoms. The van der Waals surface area contributed by atoms with Gasteiger partial charge in [0, 0.05) is 62.1 Å². The van der Waals surface area contributed by atoms with Crippen molar-refractivity contribution in [2.45, 2.75) is 70.5 Å². The molecule has 0 bridgehead atoms. The van der Waals surface area contributed by atoms with Gasteiger partial charge in [0.15, 0.2) is 17.5 Å². The van der Waals surface area contributed by atoms with Crippen LogP contribution in [0.5, 0.6) is 0 Å². The number of benzene rings is 1. The summed E-state index contributed by atoms with van der Waals surface area (Å²) < 4.78 is 40.0. The Balaban J connectivity index is 1.16. The zero-order valence-electron chi connectivity index (χ0n) is 26.3. The lowest BCUT2D eigenvalue weighted by molar-refractivity contribution is 0.0996. The number of anilines is 1. The number of amides is 2. The summed E-state index contributed by atoms with van der Waals surface area (Å²) in [6.45, 7) is 5.56. The van der Waals surface area contributed by atoms with Crippen molar-refractivity contribution < 1.29 is 23.0 Å².